The number of phenols is 1. The van der Waals surface area contributed by atoms with Gasteiger partial charge < -0.3 is 55.7 Å². The van der Waals surface area contributed by atoms with E-state index >= 15 is 0 Å². The molecule has 3 heterocycles. The molecule has 2 saturated carbocycles. The standard InChI is InChI=1S/C59H74N4O7/c1-33(65)29-61-30-48-41-7-4-6-36(41)14-19-50-46(48)28-52(63-50)54(67)32-69-56-24-35(11-20-53(56)66)9-15-40-25-39(31-64)55(70-40)8-3-2-5-34-10-16-42(49(60)23-34)47-26-37-12-17-44-43-21-22-62-51(43)27-38-13-18-45(59(47)68)58(37)57(38)44/h11,13,18,20-22,24-28,33-34,36,41-42,47-49,54,59,61-68H,2-10,12,14-17,19,23,29-32,60H2,1H3/t33-,34+,36+,41-,42-,47-,48-,49+,54-,59+/m0/s1. The number of furan rings is 1. The van der Waals surface area contributed by atoms with Crippen molar-refractivity contribution in [3.05, 3.63) is 123 Å². The molecule has 5 aliphatic carbocycles. The molecule has 11 nitrogen and oxygen atoms in total. The van der Waals surface area contributed by atoms with Crippen molar-refractivity contribution in [2.24, 2.45) is 35.3 Å². The number of aliphatic hydroxyl groups is 4. The second kappa shape index (κ2) is 20.3. The van der Waals surface area contributed by atoms with Crippen molar-refractivity contribution in [2.45, 2.75) is 147 Å². The molecule has 0 aliphatic heterocycles. The summed E-state index contributed by atoms with van der Waals surface area (Å²) in [7, 11) is 0. The predicted octanol–water partition coefficient (Wildman–Crippen LogP) is 9.90. The molecule has 11 heteroatoms. The topological polar surface area (TPSA) is 193 Å². The monoisotopic (exact) mass is 951 g/mol. The Morgan fingerprint density at radius 1 is 0.914 bits per heavy atom. The number of allylic oxidation sites excluding steroid dienone is 1. The highest BCUT2D eigenvalue weighted by atomic mass is 16.5. The van der Waals surface area contributed by atoms with Gasteiger partial charge in [-0.15, -0.1) is 0 Å². The molecule has 11 rings (SSSR count). The van der Waals surface area contributed by atoms with Gasteiger partial charge in [0.1, 0.15) is 24.2 Å². The van der Waals surface area contributed by atoms with E-state index in [0.29, 0.717) is 48.8 Å². The number of hydrogen-bond donors (Lipinski definition) is 9. The Balaban J connectivity index is 0.652. The predicted molar refractivity (Wildman–Crippen MR) is 275 cm³/mol. The van der Waals surface area contributed by atoms with Crippen LogP contribution in [0.3, 0.4) is 0 Å². The summed E-state index contributed by atoms with van der Waals surface area (Å²) in [4.78, 5) is 6.95. The van der Waals surface area contributed by atoms with Gasteiger partial charge in [-0.05, 0) is 169 Å². The summed E-state index contributed by atoms with van der Waals surface area (Å²) < 4.78 is 12.4. The zero-order valence-electron chi connectivity index (χ0n) is 40.9. The van der Waals surface area contributed by atoms with Crippen LogP contribution in [-0.4, -0.2) is 67.3 Å². The summed E-state index contributed by atoms with van der Waals surface area (Å²) in [6, 6.07) is 18.3. The maximum Gasteiger partial charge on any atom is 0.161 e. The minimum absolute atomic E-state index is 0.00192. The first kappa shape index (κ1) is 47.4. The first-order valence-corrected chi connectivity index (χ1v) is 26.7. The molecule has 6 aromatic rings. The van der Waals surface area contributed by atoms with Crippen molar-refractivity contribution in [1.82, 2.24) is 15.3 Å². The van der Waals surface area contributed by atoms with Gasteiger partial charge in [-0.2, -0.15) is 0 Å². The SMILES string of the molecule is C[C@H](O)CNC[C@@H]1c2cc([C@@H](O)COc3cc(CCc4cc(CO)c(CCCC[C@@H]5CC[C@@H]([C@@H]6C=C7CCc8c9cc[nH]c9cc9ccc(c7c89)[C@H]6O)[C@H](N)C5)o4)ccc3O)[nH]c2CC[C@H]2CCC[C@@H]21. The number of nitrogens with one attached hydrogen (secondary N) is 3. The minimum Gasteiger partial charge on any atom is -0.504 e. The summed E-state index contributed by atoms with van der Waals surface area (Å²) in [6.07, 6.45) is 18.9. The van der Waals surface area contributed by atoms with E-state index in [2.05, 4.69) is 51.7 Å². The molecule has 372 valence electrons. The molecule has 0 spiro atoms. The highest BCUT2D eigenvalue weighted by Gasteiger charge is 2.41. The normalized spacial score (nSPS) is 25.9. The zero-order valence-corrected chi connectivity index (χ0v) is 40.9. The Kier molecular flexibility index (Phi) is 13.8. The third-order valence-electron chi connectivity index (χ3n) is 17.6. The zero-order chi connectivity index (χ0) is 48.0. The second-order valence-electron chi connectivity index (χ2n) is 22.0. The number of aromatic nitrogens is 2. The van der Waals surface area contributed by atoms with E-state index in [0.717, 1.165) is 111 Å². The van der Waals surface area contributed by atoms with Gasteiger partial charge in [0.2, 0.25) is 0 Å². The van der Waals surface area contributed by atoms with Gasteiger partial charge >= 0.3 is 0 Å². The maximum absolute atomic E-state index is 11.9. The Bertz CT molecular complexity index is 2840. The number of unbranched alkanes of at least 4 members (excludes halogenated alkanes) is 1. The first-order chi connectivity index (χ1) is 34.1. The van der Waals surface area contributed by atoms with Crippen LogP contribution in [0.1, 0.15) is 152 Å². The van der Waals surface area contributed by atoms with Gasteiger partial charge in [0.25, 0.3) is 0 Å². The molecule has 5 aliphatic rings. The molecule has 3 aromatic heterocycles. The van der Waals surface area contributed by atoms with Crippen LogP contribution in [0, 0.1) is 29.6 Å². The summed E-state index contributed by atoms with van der Waals surface area (Å²) in [6.45, 7) is 3.11. The van der Waals surface area contributed by atoms with Crippen LogP contribution in [0.4, 0.5) is 0 Å². The van der Waals surface area contributed by atoms with Crippen LogP contribution in [0.25, 0.3) is 27.2 Å². The highest BCUT2D eigenvalue weighted by molar-refractivity contribution is 6.08. The quantitative estimate of drug-likeness (QED) is 0.0377. The van der Waals surface area contributed by atoms with Crippen LogP contribution < -0.4 is 15.8 Å². The number of aryl methyl sites for hydroxylation is 5. The van der Waals surface area contributed by atoms with Crippen LogP contribution in [0.2, 0.25) is 0 Å². The average molecular weight is 951 g/mol. The number of fused-ring (bicyclic) bond motifs is 4. The number of nitrogens with two attached hydrogens (primary N) is 1. The Morgan fingerprint density at radius 2 is 1.81 bits per heavy atom. The Labute approximate surface area is 411 Å². The van der Waals surface area contributed by atoms with Gasteiger partial charge in [0.05, 0.1) is 18.8 Å². The number of H-pyrrole nitrogens is 2. The molecule has 70 heavy (non-hydrogen) atoms. The van der Waals surface area contributed by atoms with Crippen LogP contribution >= 0.6 is 0 Å². The minimum atomic E-state index is -0.889. The number of aromatic hydroxyl groups is 1. The molecular weight excluding hydrogens is 877 g/mol. The summed E-state index contributed by atoms with van der Waals surface area (Å²) in [5, 5.41) is 61.6. The van der Waals surface area contributed by atoms with Gasteiger partial charge in [0, 0.05) is 77.9 Å². The molecule has 10 atom stereocenters. The third-order valence-corrected chi connectivity index (χ3v) is 17.6. The van der Waals surface area contributed by atoms with Crippen LogP contribution in [-0.2, 0) is 38.7 Å². The summed E-state index contributed by atoms with van der Waals surface area (Å²) in [5.74, 6) is 4.55. The van der Waals surface area contributed by atoms with Gasteiger partial charge in [-0.25, -0.2) is 0 Å². The number of aliphatic hydroxyl groups excluding tert-OH is 4. The first-order valence-electron chi connectivity index (χ1n) is 26.7. The molecule has 0 bridgehead atoms. The van der Waals surface area contributed by atoms with Gasteiger partial charge in [0.15, 0.2) is 11.5 Å². The molecule has 0 amide bonds. The molecule has 0 unspecified atom stereocenters. The number of phenolic OH excluding ortho intramolecular Hbond substituents is 1. The van der Waals surface area contributed by atoms with Crippen molar-refractivity contribution in [3.63, 3.8) is 0 Å². The lowest BCUT2D eigenvalue weighted by Crippen LogP contribution is -2.42. The lowest BCUT2D eigenvalue weighted by molar-refractivity contribution is 0.0647. The largest absolute Gasteiger partial charge is 0.504 e. The average Bonchev–Trinajstić information content (AvgIpc) is 4.19. The van der Waals surface area contributed by atoms with Gasteiger partial charge in [-0.3, -0.25) is 0 Å². The van der Waals surface area contributed by atoms with E-state index in [-0.39, 0.29) is 36.8 Å². The fourth-order valence-corrected chi connectivity index (χ4v) is 14.0. The third kappa shape index (κ3) is 9.38. The number of rotatable bonds is 18. The molecule has 3 aromatic carbocycles. The fraction of sp³-hybridized carbons (Fsp3) is 0.525. The number of hydrogen-bond acceptors (Lipinski definition) is 9. The lowest BCUT2D eigenvalue weighted by atomic mass is 9.65. The number of benzene rings is 3. The van der Waals surface area contributed by atoms with Crippen molar-refractivity contribution >= 4 is 27.2 Å². The fourth-order valence-electron chi connectivity index (χ4n) is 14.0. The number of ether oxygens (including phenoxy) is 1. The van der Waals surface area contributed by atoms with E-state index in [4.69, 9.17) is 14.9 Å². The lowest BCUT2D eigenvalue weighted by Gasteiger charge is -2.42. The smallest absolute Gasteiger partial charge is 0.161 e. The van der Waals surface area contributed by atoms with Crippen molar-refractivity contribution in [3.8, 4) is 11.5 Å². The van der Waals surface area contributed by atoms with Crippen molar-refractivity contribution < 1.29 is 34.7 Å². The Hall–Kier alpha value is -4.88. The molecule has 0 radical (unpaired) electrons. The summed E-state index contributed by atoms with van der Waals surface area (Å²) in [5.41, 5.74) is 18.4. The van der Waals surface area contributed by atoms with Crippen molar-refractivity contribution in [2.75, 3.05) is 19.7 Å². The Morgan fingerprint density at radius 3 is 2.67 bits per heavy atom. The van der Waals surface area contributed by atoms with Gasteiger partial charge in [-0.1, -0.05) is 56.4 Å². The van der Waals surface area contributed by atoms with E-state index in [1.165, 1.54) is 68.9 Å². The summed E-state index contributed by atoms with van der Waals surface area (Å²) >= 11 is 0. The van der Waals surface area contributed by atoms with Crippen LogP contribution in [0.15, 0.2) is 71.3 Å². The van der Waals surface area contributed by atoms with E-state index in [1.54, 1.807) is 6.07 Å². The molecule has 2 fully saturated rings. The van der Waals surface area contributed by atoms with E-state index in [9.17, 15) is 25.5 Å². The van der Waals surface area contributed by atoms with E-state index < -0.39 is 18.3 Å². The van der Waals surface area contributed by atoms with Crippen LogP contribution in [0.5, 0.6) is 11.5 Å². The highest BCUT2D eigenvalue weighted by Crippen LogP contribution is 2.52. The second-order valence-corrected chi connectivity index (χ2v) is 22.0. The molecule has 0 saturated heterocycles. The molecular formula is C59H74N4O7. The maximum atomic E-state index is 11.9. The van der Waals surface area contributed by atoms with Crippen molar-refractivity contribution in [1.29, 1.82) is 0 Å². The molecule has 10 N–H and O–H groups in total. The number of aromatic amines is 2. The van der Waals surface area contributed by atoms with E-state index in [1.807, 2.05) is 31.3 Å².